The van der Waals surface area contributed by atoms with Gasteiger partial charge in [0.15, 0.2) is 0 Å². The Hall–Kier alpha value is -1.22. The fourth-order valence-corrected chi connectivity index (χ4v) is 2.62. The van der Waals surface area contributed by atoms with E-state index in [1.54, 1.807) is 14.2 Å². The molecule has 1 atom stereocenters. The summed E-state index contributed by atoms with van der Waals surface area (Å²) in [5.41, 5.74) is 3.59. The highest BCUT2D eigenvalue weighted by Crippen LogP contribution is 2.42. The van der Waals surface area contributed by atoms with Crippen molar-refractivity contribution in [2.24, 2.45) is 0 Å². The molecule has 0 saturated heterocycles. The summed E-state index contributed by atoms with van der Waals surface area (Å²) in [7, 11) is 3.40. The number of benzene rings is 1. The van der Waals surface area contributed by atoms with E-state index < -0.39 is 0 Å². The van der Waals surface area contributed by atoms with E-state index in [9.17, 15) is 5.11 Å². The molecule has 3 nitrogen and oxygen atoms in total. The molecule has 1 aromatic carbocycles. The number of methoxy groups -OCH3 is 2. The Kier molecular flexibility index (Phi) is 3.57. The third-order valence-corrected chi connectivity index (χ3v) is 3.57. The third kappa shape index (κ3) is 2.00. The van der Waals surface area contributed by atoms with Gasteiger partial charge in [0.05, 0.1) is 14.2 Å². The molecular formula is C14H20O3. The zero-order valence-electron chi connectivity index (χ0n) is 10.7. The minimum Gasteiger partial charge on any atom is -0.496 e. The lowest BCUT2D eigenvalue weighted by Gasteiger charge is -2.19. The van der Waals surface area contributed by atoms with Crippen LogP contribution < -0.4 is 9.47 Å². The van der Waals surface area contributed by atoms with Crippen LogP contribution in [0.5, 0.6) is 11.5 Å². The fraction of sp³-hybridized carbons (Fsp3) is 0.571. The molecule has 0 amide bonds. The van der Waals surface area contributed by atoms with Gasteiger partial charge in [-0.25, -0.2) is 0 Å². The summed E-state index contributed by atoms with van der Waals surface area (Å²) in [5, 5.41) is 9.32. The van der Waals surface area contributed by atoms with Gasteiger partial charge >= 0.3 is 0 Å². The van der Waals surface area contributed by atoms with Crippen molar-refractivity contribution < 1.29 is 14.6 Å². The third-order valence-electron chi connectivity index (χ3n) is 3.57. The highest BCUT2D eigenvalue weighted by atomic mass is 16.5. The fourth-order valence-electron chi connectivity index (χ4n) is 2.62. The molecule has 0 spiro atoms. The van der Waals surface area contributed by atoms with E-state index in [0.29, 0.717) is 0 Å². The van der Waals surface area contributed by atoms with Crippen molar-refractivity contribution in [2.45, 2.75) is 32.1 Å². The summed E-state index contributed by atoms with van der Waals surface area (Å²) < 4.78 is 11.0. The molecule has 0 saturated carbocycles. The van der Waals surface area contributed by atoms with Crippen LogP contribution in [0, 0.1) is 0 Å². The van der Waals surface area contributed by atoms with Gasteiger partial charge in [0.2, 0.25) is 0 Å². The Morgan fingerprint density at radius 1 is 1.24 bits per heavy atom. The van der Waals surface area contributed by atoms with Crippen molar-refractivity contribution in [3.63, 3.8) is 0 Å². The van der Waals surface area contributed by atoms with E-state index in [4.69, 9.17) is 9.47 Å². The van der Waals surface area contributed by atoms with Crippen LogP contribution in [0.25, 0.3) is 0 Å². The molecule has 0 aromatic heterocycles. The molecule has 0 bridgehead atoms. The second kappa shape index (κ2) is 4.96. The van der Waals surface area contributed by atoms with E-state index in [1.165, 1.54) is 11.1 Å². The van der Waals surface area contributed by atoms with Gasteiger partial charge < -0.3 is 14.6 Å². The van der Waals surface area contributed by atoms with Gasteiger partial charge in [-0.05, 0) is 25.3 Å². The van der Waals surface area contributed by atoms with E-state index >= 15 is 0 Å². The highest BCUT2D eigenvalue weighted by Gasteiger charge is 2.25. The molecule has 3 heteroatoms. The molecule has 0 aliphatic heterocycles. The molecule has 0 fully saturated rings. The quantitative estimate of drug-likeness (QED) is 0.871. The average Bonchev–Trinajstić information content (AvgIpc) is 2.84. The molecule has 17 heavy (non-hydrogen) atoms. The lowest BCUT2D eigenvalue weighted by molar-refractivity contribution is 0.269. The second-order valence-electron chi connectivity index (χ2n) is 4.60. The lowest BCUT2D eigenvalue weighted by atomic mass is 9.95. The van der Waals surface area contributed by atoms with Gasteiger partial charge in [0.1, 0.15) is 11.5 Å². The number of aliphatic hydroxyl groups is 1. The smallest absolute Gasteiger partial charge is 0.126 e. The van der Waals surface area contributed by atoms with Crippen LogP contribution >= 0.6 is 0 Å². The van der Waals surface area contributed by atoms with Gasteiger partial charge in [-0.2, -0.15) is 0 Å². The number of aliphatic hydroxyl groups excluding tert-OH is 1. The Morgan fingerprint density at radius 3 is 2.53 bits per heavy atom. The molecule has 1 aliphatic rings. The number of ether oxygens (including phenoxy) is 2. The Balaban J connectivity index is 2.59. The van der Waals surface area contributed by atoms with Crippen molar-refractivity contribution in [2.75, 3.05) is 20.8 Å². The van der Waals surface area contributed by atoms with Crippen LogP contribution in [-0.4, -0.2) is 25.9 Å². The van der Waals surface area contributed by atoms with E-state index in [-0.39, 0.29) is 12.5 Å². The SMILES string of the molecule is COc1cc(C(C)CO)c(OC)c2c1CCC2. The largest absolute Gasteiger partial charge is 0.496 e. The van der Waals surface area contributed by atoms with Crippen LogP contribution in [0.3, 0.4) is 0 Å². The number of hydrogen-bond donors (Lipinski definition) is 1. The molecule has 0 heterocycles. The van der Waals surface area contributed by atoms with Crippen molar-refractivity contribution in [1.82, 2.24) is 0 Å². The molecule has 1 aliphatic carbocycles. The van der Waals surface area contributed by atoms with E-state index in [1.807, 2.05) is 13.0 Å². The summed E-state index contributed by atoms with van der Waals surface area (Å²) in [6, 6.07) is 2.02. The van der Waals surface area contributed by atoms with Crippen LogP contribution in [0.1, 0.15) is 36.0 Å². The van der Waals surface area contributed by atoms with Crippen LogP contribution in [0.2, 0.25) is 0 Å². The van der Waals surface area contributed by atoms with Crippen molar-refractivity contribution in [1.29, 1.82) is 0 Å². The number of rotatable bonds is 4. The maximum atomic E-state index is 9.32. The van der Waals surface area contributed by atoms with Crippen LogP contribution in [0.15, 0.2) is 6.07 Å². The molecule has 1 aromatic rings. The topological polar surface area (TPSA) is 38.7 Å². The van der Waals surface area contributed by atoms with E-state index in [2.05, 4.69) is 0 Å². The van der Waals surface area contributed by atoms with Crippen molar-refractivity contribution in [3.05, 3.63) is 22.8 Å². The standard InChI is InChI=1S/C14H20O3/c1-9(8-15)12-7-13(16-2)10-5-4-6-11(10)14(12)17-3/h7,9,15H,4-6,8H2,1-3H3. The predicted octanol–water partition coefficient (Wildman–Crippen LogP) is 2.29. The minimum absolute atomic E-state index is 0.0738. The first kappa shape index (κ1) is 12.2. The molecular weight excluding hydrogens is 216 g/mol. The van der Waals surface area contributed by atoms with Crippen LogP contribution in [-0.2, 0) is 12.8 Å². The zero-order valence-corrected chi connectivity index (χ0v) is 10.7. The Bertz CT molecular complexity index is 412. The molecule has 1 N–H and O–H groups in total. The summed E-state index contributed by atoms with van der Waals surface area (Å²) in [6.07, 6.45) is 3.25. The van der Waals surface area contributed by atoms with Gasteiger partial charge in [-0.15, -0.1) is 0 Å². The molecule has 94 valence electrons. The number of hydrogen-bond acceptors (Lipinski definition) is 3. The maximum Gasteiger partial charge on any atom is 0.126 e. The Labute approximate surface area is 102 Å². The van der Waals surface area contributed by atoms with Gasteiger partial charge in [0, 0.05) is 29.2 Å². The summed E-state index contributed by atoms with van der Waals surface area (Å²) >= 11 is 0. The normalized spacial score (nSPS) is 15.5. The lowest BCUT2D eigenvalue weighted by Crippen LogP contribution is -2.06. The van der Waals surface area contributed by atoms with Crippen LogP contribution in [0.4, 0.5) is 0 Å². The van der Waals surface area contributed by atoms with Gasteiger partial charge in [0.25, 0.3) is 0 Å². The first-order chi connectivity index (χ1) is 8.22. The van der Waals surface area contributed by atoms with Crippen molar-refractivity contribution in [3.8, 4) is 11.5 Å². The van der Waals surface area contributed by atoms with E-state index in [0.717, 1.165) is 36.3 Å². The highest BCUT2D eigenvalue weighted by molar-refractivity contribution is 5.56. The molecule has 0 radical (unpaired) electrons. The first-order valence-electron chi connectivity index (χ1n) is 6.10. The number of fused-ring (bicyclic) bond motifs is 1. The minimum atomic E-state index is 0.0738. The van der Waals surface area contributed by atoms with Gasteiger partial charge in [-0.3, -0.25) is 0 Å². The first-order valence-corrected chi connectivity index (χ1v) is 6.10. The summed E-state index contributed by atoms with van der Waals surface area (Å²) in [4.78, 5) is 0. The van der Waals surface area contributed by atoms with Gasteiger partial charge in [-0.1, -0.05) is 6.92 Å². The predicted molar refractivity (Wildman–Crippen MR) is 67.1 cm³/mol. The molecule has 1 unspecified atom stereocenters. The Morgan fingerprint density at radius 2 is 1.94 bits per heavy atom. The summed E-state index contributed by atoms with van der Waals surface area (Å²) in [6.45, 7) is 2.12. The molecule has 2 rings (SSSR count). The van der Waals surface area contributed by atoms with Crippen molar-refractivity contribution >= 4 is 0 Å². The maximum absolute atomic E-state index is 9.32. The average molecular weight is 236 g/mol. The zero-order chi connectivity index (χ0) is 12.4. The monoisotopic (exact) mass is 236 g/mol. The summed E-state index contributed by atoms with van der Waals surface area (Å²) in [5.74, 6) is 1.96. The second-order valence-corrected chi connectivity index (χ2v) is 4.60.